The lowest BCUT2D eigenvalue weighted by molar-refractivity contribution is -0.144. The Kier molecular flexibility index (Phi) is 7.42. The summed E-state index contributed by atoms with van der Waals surface area (Å²) in [7, 11) is 0. The maximum atomic E-state index is 10.7. The molecule has 2 N–H and O–H groups in total. The first-order chi connectivity index (χ1) is 6.57. The molecule has 0 amide bonds. The molecule has 0 aromatic heterocycles. The summed E-state index contributed by atoms with van der Waals surface area (Å²) >= 11 is 0. The lowest BCUT2D eigenvalue weighted by Crippen LogP contribution is -2.37. The summed E-state index contributed by atoms with van der Waals surface area (Å²) in [6, 6.07) is -0.575. The van der Waals surface area contributed by atoms with Crippen molar-refractivity contribution in [2.75, 3.05) is 6.61 Å². The number of aliphatic carboxylic acids is 1. The molecular weight excluding hydrogens is 182 g/mol. The molecule has 0 radical (unpaired) electrons. The van der Waals surface area contributed by atoms with E-state index < -0.39 is 12.0 Å². The number of rotatable bonds is 8. The van der Waals surface area contributed by atoms with Crippen molar-refractivity contribution < 1.29 is 14.7 Å². The fraction of sp³-hybridized carbons (Fsp3) is 0.900. The molecule has 0 heterocycles. The van der Waals surface area contributed by atoms with Crippen LogP contribution in [0.25, 0.3) is 0 Å². The Bertz CT molecular complexity index is 159. The van der Waals surface area contributed by atoms with Gasteiger partial charge in [0.25, 0.3) is 0 Å². The van der Waals surface area contributed by atoms with Gasteiger partial charge in [-0.2, -0.15) is 5.48 Å². The molecule has 0 bridgehead atoms. The minimum absolute atomic E-state index is 0.406. The van der Waals surface area contributed by atoms with Gasteiger partial charge in [0.15, 0.2) is 0 Å². The Morgan fingerprint density at radius 2 is 2.14 bits per heavy atom. The van der Waals surface area contributed by atoms with Crippen LogP contribution in [0, 0.1) is 5.92 Å². The van der Waals surface area contributed by atoms with E-state index in [4.69, 9.17) is 9.94 Å². The SMILES string of the molecule is CCCCC(NOCC(C)C)C(=O)O. The highest BCUT2D eigenvalue weighted by Gasteiger charge is 2.16. The van der Waals surface area contributed by atoms with E-state index in [2.05, 4.69) is 5.48 Å². The van der Waals surface area contributed by atoms with Gasteiger partial charge in [0, 0.05) is 0 Å². The predicted molar refractivity (Wildman–Crippen MR) is 54.9 cm³/mol. The third-order valence-electron chi connectivity index (χ3n) is 1.79. The van der Waals surface area contributed by atoms with Crippen molar-refractivity contribution in [2.45, 2.75) is 46.1 Å². The lowest BCUT2D eigenvalue weighted by Gasteiger charge is -2.14. The average molecular weight is 203 g/mol. The molecule has 0 rings (SSSR count). The number of carbonyl (C=O) groups is 1. The quantitative estimate of drug-likeness (QED) is 0.591. The Morgan fingerprint density at radius 3 is 2.57 bits per heavy atom. The van der Waals surface area contributed by atoms with Crippen molar-refractivity contribution in [2.24, 2.45) is 5.92 Å². The van der Waals surface area contributed by atoms with Gasteiger partial charge in [-0.05, 0) is 12.3 Å². The molecule has 0 aliphatic carbocycles. The highest BCUT2D eigenvalue weighted by Crippen LogP contribution is 2.01. The molecule has 0 aliphatic heterocycles. The fourth-order valence-electron chi connectivity index (χ4n) is 0.956. The summed E-state index contributed by atoms with van der Waals surface area (Å²) in [6.07, 6.45) is 2.51. The molecule has 84 valence electrons. The first kappa shape index (κ1) is 13.4. The van der Waals surface area contributed by atoms with Crippen molar-refractivity contribution in [3.63, 3.8) is 0 Å². The second-order valence-electron chi connectivity index (χ2n) is 3.86. The van der Waals surface area contributed by atoms with Crippen LogP contribution in [0.15, 0.2) is 0 Å². The number of hydrogen-bond acceptors (Lipinski definition) is 3. The van der Waals surface area contributed by atoms with Gasteiger partial charge in [-0.3, -0.25) is 4.79 Å². The molecule has 0 saturated heterocycles. The van der Waals surface area contributed by atoms with Crippen LogP contribution in [0.5, 0.6) is 0 Å². The number of carboxylic acids is 1. The Labute approximate surface area is 85.6 Å². The van der Waals surface area contributed by atoms with E-state index in [0.717, 1.165) is 12.8 Å². The van der Waals surface area contributed by atoms with E-state index in [1.807, 2.05) is 20.8 Å². The molecule has 1 unspecified atom stereocenters. The van der Waals surface area contributed by atoms with Gasteiger partial charge in [0.2, 0.25) is 0 Å². The van der Waals surface area contributed by atoms with Gasteiger partial charge in [-0.15, -0.1) is 0 Å². The molecule has 14 heavy (non-hydrogen) atoms. The number of nitrogens with one attached hydrogen (secondary N) is 1. The Hall–Kier alpha value is -0.610. The number of hydroxylamine groups is 1. The van der Waals surface area contributed by atoms with Gasteiger partial charge in [-0.25, -0.2) is 0 Å². The van der Waals surface area contributed by atoms with Crippen LogP contribution in [0.3, 0.4) is 0 Å². The van der Waals surface area contributed by atoms with Crippen LogP contribution in [0.4, 0.5) is 0 Å². The zero-order valence-corrected chi connectivity index (χ0v) is 9.25. The van der Waals surface area contributed by atoms with Crippen molar-refractivity contribution in [1.29, 1.82) is 0 Å². The Morgan fingerprint density at radius 1 is 1.50 bits per heavy atom. The standard InChI is InChI=1S/C10H21NO3/c1-4-5-6-9(10(12)13)11-14-7-8(2)3/h8-9,11H,4-7H2,1-3H3,(H,12,13). The van der Waals surface area contributed by atoms with Crippen LogP contribution in [0.2, 0.25) is 0 Å². The number of hydrogen-bond donors (Lipinski definition) is 2. The molecule has 0 aliphatic rings. The Balaban J connectivity index is 3.68. The van der Waals surface area contributed by atoms with Crippen molar-refractivity contribution >= 4 is 5.97 Å². The molecule has 0 fully saturated rings. The summed E-state index contributed by atoms with van der Waals surface area (Å²) in [5, 5.41) is 8.82. The molecule has 4 nitrogen and oxygen atoms in total. The zero-order valence-electron chi connectivity index (χ0n) is 9.25. The smallest absolute Gasteiger partial charge is 0.323 e. The first-order valence-electron chi connectivity index (χ1n) is 5.18. The molecule has 0 spiro atoms. The lowest BCUT2D eigenvalue weighted by atomic mass is 10.1. The highest BCUT2D eigenvalue weighted by atomic mass is 16.6. The molecule has 4 heteroatoms. The third kappa shape index (κ3) is 6.86. The molecular formula is C10H21NO3. The minimum atomic E-state index is -0.845. The topological polar surface area (TPSA) is 58.6 Å². The van der Waals surface area contributed by atoms with Gasteiger partial charge in [0.05, 0.1) is 6.61 Å². The van der Waals surface area contributed by atoms with Crippen molar-refractivity contribution in [3.05, 3.63) is 0 Å². The first-order valence-corrected chi connectivity index (χ1v) is 5.18. The maximum absolute atomic E-state index is 10.7. The van der Waals surface area contributed by atoms with Crippen LogP contribution in [-0.4, -0.2) is 23.7 Å². The van der Waals surface area contributed by atoms with Gasteiger partial charge in [0.1, 0.15) is 6.04 Å². The second kappa shape index (κ2) is 7.76. The summed E-state index contributed by atoms with van der Waals surface area (Å²) in [4.78, 5) is 15.8. The van der Waals surface area contributed by atoms with Gasteiger partial charge >= 0.3 is 5.97 Å². The van der Waals surface area contributed by atoms with Crippen LogP contribution >= 0.6 is 0 Å². The van der Waals surface area contributed by atoms with Crippen molar-refractivity contribution in [1.82, 2.24) is 5.48 Å². The third-order valence-corrected chi connectivity index (χ3v) is 1.79. The minimum Gasteiger partial charge on any atom is -0.480 e. The fourth-order valence-corrected chi connectivity index (χ4v) is 0.956. The summed E-state index contributed by atoms with van der Waals surface area (Å²) in [5.41, 5.74) is 2.59. The normalized spacial score (nSPS) is 13.1. The maximum Gasteiger partial charge on any atom is 0.323 e. The van der Waals surface area contributed by atoms with E-state index in [-0.39, 0.29) is 0 Å². The van der Waals surface area contributed by atoms with Crippen molar-refractivity contribution in [3.8, 4) is 0 Å². The molecule has 1 atom stereocenters. The second-order valence-corrected chi connectivity index (χ2v) is 3.86. The predicted octanol–water partition coefficient (Wildman–Crippen LogP) is 1.81. The average Bonchev–Trinajstić information content (AvgIpc) is 2.09. The molecule has 0 saturated carbocycles. The van der Waals surface area contributed by atoms with E-state index in [1.165, 1.54) is 0 Å². The molecule has 0 aromatic carbocycles. The summed E-state index contributed by atoms with van der Waals surface area (Å²) in [6.45, 7) is 6.61. The van der Waals surface area contributed by atoms with Crippen LogP contribution < -0.4 is 5.48 Å². The summed E-state index contributed by atoms with van der Waals surface area (Å²) in [5.74, 6) is -0.440. The van der Waals surface area contributed by atoms with E-state index in [1.54, 1.807) is 0 Å². The van der Waals surface area contributed by atoms with Crippen LogP contribution in [0.1, 0.15) is 40.0 Å². The van der Waals surface area contributed by atoms with E-state index in [0.29, 0.717) is 18.9 Å². The van der Waals surface area contributed by atoms with Gasteiger partial charge < -0.3 is 9.94 Å². The summed E-state index contributed by atoms with van der Waals surface area (Å²) < 4.78 is 0. The van der Waals surface area contributed by atoms with Crippen LogP contribution in [-0.2, 0) is 9.63 Å². The van der Waals surface area contributed by atoms with E-state index >= 15 is 0 Å². The monoisotopic (exact) mass is 203 g/mol. The molecule has 0 aromatic rings. The van der Waals surface area contributed by atoms with E-state index in [9.17, 15) is 4.79 Å². The number of carboxylic acid groups (broad SMARTS) is 1. The number of unbranched alkanes of at least 4 members (excludes halogenated alkanes) is 1. The largest absolute Gasteiger partial charge is 0.480 e. The van der Waals surface area contributed by atoms with Gasteiger partial charge in [-0.1, -0.05) is 33.6 Å². The highest BCUT2D eigenvalue weighted by molar-refractivity contribution is 5.73. The zero-order chi connectivity index (χ0) is 11.0.